The summed E-state index contributed by atoms with van der Waals surface area (Å²) in [5.41, 5.74) is 0.788. The maximum absolute atomic E-state index is 12.8. The van der Waals surface area contributed by atoms with E-state index in [0.29, 0.717) is 37.5 Å². The molecule has 1 aromatic heterocycles. The van der Waals surface area contributed by atoms with E-state index in [9.17, 15) is 18.0 Å². The Morgan fingerprint density at radius 1 is 1.15 bits per heavy atom. The van der Waals surface area contributed by atoms with Crippen molar-refractivity contribution in [2.45, 2.75) is 43.7 Å². The standard InChI is InChI=1S/C24H27ClN4O4S/c1-17(30)29(15-21-14-26-16-27-21)22-6-9-28(10-7-22)24(31)8-11-34(32,33)23-5-3-18-12-20(25)4-2-19(18)13-23/h2-5,12-14,16,22H,6-11,15H2,1H3,(H,26,27). The highest BCUT2D eigenvalue weighted by Crippen LogP contribution is 2.24. The van der Waals surface area contributed by atoms with Crippen LogP contribution in [-0.2, 0) is 26.0 Å². The number of hydrogen-bond donors (Lipinski definition) is 1. The zero-order valence-corrected chi connectivity index (χ0v) is 20.5. The Labute approximate surface area is 203 Å². The van der Waals surface area contributed by atoms with E-state index in [2.05, 4.69) is 9.97 Å². The van der Waals surface area contributed by atoms with Gasteiger partial charge in [0.15, 0.2) is 9.84 Å². The Morgan fingerprint density at radius 2 is 1.85 bits per heavy atom. The van der Waals surface area contributed by atoms with Crippen LogP contribution in [0.1, 0.15) is 31.9 Å². The molecule has 1 saturated heterocycles. The molecule has 8 nitrogen and oxygen atoms in total. The molecule has 0 aliphatic carbocycles. The van der Waals surface area contributed by atoms with Crippen molar-refractivity contribution in [3.8, 4) is 0 Å². The number of aromatic nitrogens is 2. The lowest BCUT2D eigenvalue weighted by molar-refractivity contribution is -0.135. The monoisotopic (exact) mass is 502 g/mol. The average molecular weight is 503 g/mol. The van der Waals surface area contributed by atoms with Crippen LogP contribution in [-0.4, -0.2) is 64.9 Å². The van der Waals surface area contributed by atoms with Gasteiger partial charge in [0.1, 0.15) is 0 Å². The molecule has 0 radical (unpaired) electrons. The first-order valence-corrected chi connectivity index (χ1v) is 13.2. The molecule has 0 atom stereocenters. The maximum atomic E-state index is 12.8. The van der Waals surface area contributed by atoms with Crippen molar-refractivity contribution < 1.29 is 18.0 Å². The van der Waals surface area contributed by atoms with E-state index < -0.39 is 9.84 Å². The molecule has 1 fully saturated rings. The number of H-pyrrole nitrogens is 1. The molecule has 1 aliphatic heterocycles. The van der Waals surface area contributed by atoms with Crippen LogP contribution in [0.2, 0.25) is 5.02 Å². The van der Waals surface area contributed by atoms with E-state index in [4.69, 9.17) is 11.6 Å². The minimum absolute atomic E-state index is 0.0214. The number of piperidine rings is 1. The first-order chi connectivity index (χ1) is 16.2. The van der Waals surface area contributed by atoms with Crippen molar-refractivity contribution in [2.24, 2.45) is 0 Å². The van der Waals surface area contributed by atoms with E-state index in [1.807, 2.05) is 0 Å². The summed E-state index contributed by atoms with van der Waals surface area (Å²) in [7, 11) is -3.60. The number of nitrogens with zero attached hydrogens (tertiary/aromatic N) is 3. The molecule has 2 aromatic carbocycles. The lowest BCUT2D eigenvalue weighted by Crippen LogP contribution is -2.48. The van der Waals surface area contributed by atoms with Gasteiger partial charge in [-0.1, -0.05) is 23.7 Å². The molecule has 0 saturated carbocycles. The summed E-state index contributed by atoms with van der Waals surface area (Å²) in [5.74, 6) is -0.461. The van der Waals surface area contributed by atoms with Crippen molar-refractivity contribution in [2.75, 3.05) is 18.8 Å². The third-order valence-corrected chi connectivity index (χ3v) is 8.22. The highest BCUT2D eigenvalue weighted by Gasteiger charge is 2.29. The fourth-order valence-electron chi connectivity index (χ4n) is 4.36. The van der Waals surface area contributed by atoms with Gasteiger partial charge in [-0.2, -0.15) is 0 Å². The van der Waals surface area contributed by atoms with E-state index in [0.717, 1.165) is 16.5 Å². The van der Waals surface area contributed by atoms with Crippen molar-refractivity contribution in [1.29, 1.82) is 0 Å². The van der Waals surface area contributed by atoms with Crippen LogP contribution in [0.4, 0.5) is 0 Å². The van der Waals surface area contributed by atoms with Crippen molar-refractivity contribution >= 4 is 44.0 Å². The molecule has 4 rings (SSSR count). The summed E-state index contributed by atoms with van der Waals surface area (Å²) in [6.07, 6.45) is 4.57. The van der Waals surface area contributed by atoms with Crippen LogP contribution < -0.4 is 0 Å². The molecule has 34 heavy (non-hydrogen) atoms. The number of halogens is 1. The number of carbonyl (C=O) groups excluding carboxylic acids is 2. The molecule has 1 N–H and O–H groups in total. The highest BCUT2D eigenvalue weighted by molar-refractivity contribution is 7.91. The second-order valence-electron chi connectivity index (χ2n) is 8.54. The summed E-state index contributed by atoms with van der Waals surface area (Å²) in [5, 5.41) is 2.23. The highest BCUT2D eigenvalue weighted by atomic mass is 35.5. The maximum Gasteiger partial charge on any atom is 0.223 e. The Balaban J connectivity index is 1.33. The lowest BCUT2D eigenvalue weighted by Gasteiger charge is -2.38. The SMILES string of the molecule is CC(=O)N(Cc1c[nH]cn1)C1CCN(C(=O)CCS(=O)(=O)c2ccc3cc(Cl)ccc3c2)CC1. The molecule has 2 amide bonds. The molecule has 0 spiro atoms. The summed E-state index contributed by atoms with van der Waals surface area (Å²) in [6.45, 7) is 2.94. The number of amides is 2. The molecule has 0 unspecified atom stereocenters. The van der Waals surface area contributed by atoms with Crippen LogP contribution >= 0.6 is 11.6 Å². The molecular weight excluding hydrogens is 476 g/mol. The molecule has 180 valence electrons. The predicted molar refractivity (Wildman–Crippen MR) is 130 cm³/mol. The molecule has 1 aliphatic rings. The summed E-state index contributed by atoms with van der Waals surface area (Å²) >= 11 is 6.00. The van der Waals surface area contributed by atoms with E-state index >= 15 is 0 Å². The zero-order chi connectivity index (χ0) is 24.3. The second kappa shape index (κ2) is 10.1. The van der Waals surface area contributed by atoms with Gasteiger partial charge >= 0.3 is 0 Å². The quantitative estimate of drug-likeness (QED) is 0.533. The number of rotatable bonds is 7. The predicted octanol–water partition coefficient (Wildman–Crippen LogP) is 3.42. The van der Waals surface area contributed by atoms with Gasteiger partial charge in [-0.15, -0.1) is 0 Å². The van der Waals surface area contributed by atoms with Crippen molar-refractivity contribution in [3.05, 3.63) is 59.6 Å². The Bertz CT molecular complexity index is 1290. The summed E-state index contributed by atoms with van der Waals surface area (Å²) < 4.78 is 25.7. The van der Waals surface area contributed by atoms with Crippen LogP contribution in [0, 0.1) is 0 Å². The molecule has 3 aromatic rings. The number of sulfone groups is 1. The first-order valence-electron chi connectivity index (χ1n) is 11.2. The van der Waals surface area contributed by atoms with Gasteiger partial charge in [0.25, 0.3) is 0 Å². The second-order valence-corrected chi connectivity index (χ2v) is 11.1. The van der Waals surface area contributed by atoms with Gasteiger partial charge in [0.05, 0.1) is 29.2 Å². The van der Waals surface area contributed by atoms with Gasteiger partial charge in [-0.3, -0.25) is 9.59 Å². The van der Waals surface area contributed by atoms with E-state index in [1.165, 1.54) is 6.92 Å². The molecule has 2 heterocycles. The number of hydrogen-bond acceptors (Lipinski definition) is 5. The zero-order valence-electron chi connectivity index (χ0n) is 18.9. The summed E-state index contributed by atoms with van der Waals surface area (Å²) in [4.78, 5) is 35.7. The average Bonchev–Trinajstić information content (AvgIpc) is 3.34. The van der Waals surface area contributed by atoms with Crippen LogP contribution in [0.15, 0.2) is 53.8 Å². The van der Waals surface area contributed by atoms with Crippen LogP contribution in [0.5, 0.6) is 0 Å². The third-order valence-electron chi connectivity index (χ3n) is 6.27. The van der Waals surface area contributed by atoms with Crippen LogP contribution in [0.3, 0.4) is 0 Å². The van der Waals surface area contributed by atoms with Gasteiger partial charge in [-0.05, 0) is 47.9 Å². The molecular formula is C24H27ClN4O4S. The minimum atomic E-state index is -3.60. The minimum Gasteiger partial charge on any atom is -0.351 e. The van der Waals surface area contributed by atoms with E-state index in [1.54, 1.807) is 58.7 Å². The van der Waals surface area contributed by atoms with Crippen LogP contribution in [0.25, 0.3) is 10.8 Å². The van der Waals surface area contributed by atoms with Crippen molar-refractivity contribution in [1.82, 2.24) is 19.8 Å². The van der Waals surface area contributed by atoms with Gasteiger partial charge in [0.2, 0.25) is 11.8 Å². The smallest absolute Gasteiger partial charge is 0.223 e. The Morgan fingerprint density at radius 3 is 2.53 bits per heavy atom. The number of fused-ring (bicyclic) bond motifs is 1. The Kier molecular flexibility index (Phi) is 7.23. The number of carbonyl (C=O) groups is 2. The summed E-state index contributed by atoms with van der Waals surface area (Å²) in [6, 6.07) is 10.2. The van der Waals surface area contributed by atoms with Gasteiger partial charge < -0.3 is 14.8 Å². The Hall–Kier alpha value is -2.91. The fourth-order valence-corrected chi connectivity index (χ4v) is 5.80. The largest absolute Gasteiger partial charge is 0.351 e. The van der Waals surface area contributed by atoms with Gasteiger partial charge in [-0.25, -0.2) is 13.4 Å². The number of aromatic amines is 1. The number of likely N-dealkylation sites (tertiary alicyclic amines) is 1. The molecule has 10 heteroatoms. The molecule has 0 bridgehead atoms. The lowest BCUT2D eigenvalue weighted by atomic mass is 10.0. The van der Waals surface area contributed by atoms with Gasteiger partial charge in [0, 0.05) is 43.7 Å². The van der Waals surface area contributed by atoms with Crippen molar-refractivity contribution in [3.63, 3.8) is 0 Å². The first kappa shape index (κ1) is 24.2. The number of imidazole rings is 1. The number of nitrogens with one attached hydrogen (secondary N) is 1. The normalized spacial score (nSPS) is 14.9. The number of benzene rings is 2. The topological polar surface area (TPSA) is 103 Å². The van der Waals surface area contributed by atoms with E-state index in [-0.39, 0.29) is 34.9 Å². The fraction of sp³-hybridized carbons (Fsp3) is 0.375. The third kappa shape index (κ3) is 5.59.